The highest BCUT2D eigenvalue weighted by atomic mass is 16.4. The number of rotatable bonds is 12. The van der Waals surface area contributed by atoms with Crippen LogP contribution in [-0.4, -0.2) is 69.3 Å². The van der Waals surface area contributed by atoms with Crippen LogP contribution in [0.5, 0.6) is 0 Å². The molecule has 1 aromatic carbocycles. The first-order valence-corrected chi connectivity index (χ1v) is 10.1. The normalized spacial score (nSPS) is 14.5. The van der Waals surface area contributed by atoms with Gasteiger partial charge in [0.25, 0.3) is 11.8 Å². The lowest BCUT2D eigenvalue weighted by Crippen LogP contribution is -2.50. The zero-order valence-corrected chi connectivity index (χ0v) is 17.5. The van der Waals surface area contributed by atoms with Crippen molar-refractivity contribution in [3.05, 3.63) is 35.4 Å². The van der Waals surface area contributed by atoms with Crippen molar-refractivity contribution in [1.82, 2.24) is 15.5 Å². The Morgan fingerprint density at radius 1 is 0.938 bits per heavy atom. The summed E-state index contributed by atoms with van der Waals surface area (Å²) in [5, 5.41) is 22.4. The number of amides is 4. The zero-order chi connectivity index (χ0) is 23.8. The molecule has 0 fully saturated rings. The molecule has 1 heterocycles. The van der Waals surface area contributed by atoms with Gasteiger partial charge in [-0.1, -0.05) is 12.1 Å². The van der Waals surface area contributed by atoms with Crippen molar-refractivity contribution in [2.24, 2.45) is 0 Å². The third-order valence-corrected chi connectivity index (χ3v) is 4.95. The molecule has 2 rings (SSSR count). The fourth-order valence-corrected chi connectivity index (χ4v) is 3.20. The van der Waals surface area contributed by atoms with Crippen LogP contribution >= 0.6 is 0 Å². The number of nitrogens with zero attached hydrogens (tertiary/aromatic N) is 1. The molecule has 1 aliphatic rings. The van der Waals surface area contributed by atoms with E-state index in [4.69, 9.17) is 10.2 Å². The molecule has 0 saturated carbocycles. The molecule has 0 spiro atoms. The van der Waals surface area contributed by atoms with E-state index >= 15 is 0 Å². The van der Waals surface area contributed by atoms with Crippen LogP contribution in [0.3, 0.4) is 0 Å². The van der Waals surface area contributed by atoms with Crippen molar-refractivity contribution >= 4 is 35.6 Å². The van der Waals surface area contributed by atoms with Crippen LogP contribution in [0.4, 0.5) is 0 Å². The number of imide groups is 1. The van der Waals surface area contributed by atoms with E-state index in [1.54, 1.807) is 24.3 Å². The Morgan fingerprint density at radius 3 is 2.06 bits per heavy atom. The van der Waals surface area contributed by atoms with Crippen molar-refractivity contribution in [1.29, 1.82) is 0 Å². The van der Waals surface area contributed by atoms with Crippen LogP contribution in [0.25, 0.3) is 0 Å². The number of nitrogens with one attached hydrogen (secondary N) is 2. The molecule has 32 heavy (non-hydrogen) atoms. The fraction of sp³-hybridized carbons (Fsp3) is 0.429. The van der Waals surface area contributed by atoms with E-state index < -0.39 is 42.3 Å². The largest absolute Gasteiger partial charge is 0.481 e. The topological polar surface area (TPSA) is 170 Å². The monoisotopic (exact) mass is 447 g/mol. The summed E-state index contributed by atoms with van der Waals surface area (Å²) in [7, 11) is 0. The van der Waals surface area contributed by atoms with Gasteiger partial charge in [0, 0.05) is 19.4 Å². The zero-order valence-electron chi connectivity index (χ0n) is 17.5. The van der Waals surface area contributed by atoms with Gasteiger partial charge in [0.05, 0.1) is 11.1 Å². The molecule has 2 atom stereocenters. The summed E-state index contributed by atoms with van der Waals surface area (Å²) in [6.07, 6.45) is 0.0990. The minimum Gasteiger partial charge on any atom is -0.481 e. The second-order valence-electron chi connectivity index (χ2n) is 7.39. The SMILES string of the molecule is C[C@H](NC(=O)CCCCN1C(=O)c2ccccc2C1=O)C(=O)N[C@H](CCC(=O)O)C(=O)O. The first-order valence-electron chi connectivity index (χ1n) is 10.1. The molecule has 11 nitrogen and oxygen atoms in total. The van der Waals surface area contributed by atoms with E-state index in [2.05, 4.69) is 10.6 Å². The molecule has 4 N–H and O–H groups in total. The first kappa shape index (κ1) is 24.5. The van der Waals surface area contributed by atoms with E-state index in [9.17, 15) is 28.8 Å². The van der Waals surface area contributed by atoms with Crippen molar-refractivity contribution in [2.75, 3.05) is 6.54 Å². The number of unbranched alkanes of at least 4 members (excludes halogenated alkanes) is 1. The third kappa shape index (κ3) is 6.37. The summed E-state index contributed by atoms with van der Waals surface area (Å²) in [5.41, 5.74) is 0.719. The second kappa shape index (κ2) is 11.0. The van der Waals surface area contributed by atoms with Crippen molar-refractivity contribution < 1.29 is 39.0 Å². The highest BCUT2D eigenvalue weighted by Crippen LogP contribution is 2.22. The summed E-state index contributed by atoms with van der Waals surface area (Å²) < 4.78 is 0. The van der Waals surface area contributed by atoms with Gasteiger partial charge < -0.3 is 20.8 Å². The Bertz CT molecular complexity index is 894. The minimum absolute atomic E-state index is 0.0438. The lowest BCUT2D eigenvalue weighted by atomic mass is 10.1. The van der Waals surface area contributed by atoms with E-state index in [1.165, 1.54) is 6.92 Å². The van der Waals surface area contributed by atoms with E-state index in [0.29, 0.717) is 24.0 Å². The van der Waals surface area contributed by atoms with Gasteiger partial charge in [0.2, 0.25) is 11.8 Å². The molecule has 1 aliphatic heterocycles. The Kier molecular flexibility index (Phi) is 8.45. The highest BCUT2D eigenvalue weighted by molar-refractivity contribution is 6.21. The average Bonchev–Trinajstić information content (AvgIpc) is 2.98. The summed E-state index contributed by atoms with van der Waals surface area (Å²) >= 11 is 0. The maximum Gasteiger partial charge on any atom is 0.326 e. The number of aliphatic carboxylic acids is 2. The van der Waals surface area contributed by atoms with Crippen LogP contribution in [0, 0.1) is 0 Å². The quantitative estimate of drug-likeness (QED) is 0.263. The Hall–Kier alpha value is -3.76. The van der Waals surface area contributed by atoms with Crippen LogP contribution in [0.1, 0.15) is 59.7 Å². The molecule has 0 bridgehead atoms. The van der Waals surface area contributed by atoms with Gasteiger partial charge in [-0.15, -0.1) is 0 Å². The van der Waals surface area contributed by atoms with Gasteiger partial charge >= 0.3 is 11.9 Å². The number of hydrogen-bond acceptors (Lipinski definition) is 6. The van der Waals surface area contributed by atoms with Crippen LogP contribution in [0.15, 0.2) is 24.3 Å². The maximum atomic E-state index is 12.3. The van der Waals surface area contributed by atoms with Gasteiger partial charge in [-0.05, 0) is 38.3 Å². The number of carbonyl (C=O) groups excluding carboxylic acids is 4. The van der Waals surface area contributed by atoms with Crippen molar-refractivity contribution in [3.63, 3.8) is 0 Å². The maximum absolute atomic E-state index is 12.3. The Balaban J connectivity index is 1.73. The van der Waals surface area contributed by atoms with Gasteiger partial charge in [-0.3, -0.25) is 28.9 Å². The smallest absolute Gasteiger partial charge is 0.326 e. The molecule has 1 aromatic rings. The molecule has 172 valence electrons. The van der Waals surface area contributed by atoms with Crippen molar-refractivity contribution in [2.45, 2.75) is 51.1 Å². The summed E-state index contributed by atoms with van der Waals surface area (Å²) in [6.45, 7) is 1.54. The Morgan fingerprint density at radius 2 is 1.53 bits per heavy atom. The molecule has 0 aliphatic carbocycles. The second-order valence-corrected chi connectivity index (χ2v) is 7.39. The molecule has 0 saturated heterocycles. The average molecular weight is 447 g/mol. The van der Waals surface area contributed by atoms with Crippen molar-refractivity contribution in [3.8, 4) is 0 Å². The number of fused-ring (bicyclic) bond motifs is 1. The van der Waals surface area contributed by atoms with Gasteiger partial charge in [-0.25, -0.2) is 4.79 Å². The number of carboxylic acids is 2. The highest BCUT2D eigenvalue weighted by Gasteiger charge is 2.34. The van der Waals surface area contributed by atoms with Gasteiger partial charge in [0.1, 0.15) is 12.1 Å². The predicted molar refractivity (Wildman–Crippen MR) is 110 cm³/mol. The number of benzene rings is 1. The molecule has 0 aromatic heterocycles. The lowest BCUT2D eigenvalue weighted by molar-refractivity contribution is -0.143. The summed E-state index contributed by atoms with van der Waals surface area (Å²) in [4.78, 5) is 71.6. The standard InChI is InChI=1S/C21H25N3O8/c1-12(18(28)23-15(21(31)32)9-10-17(26)27)22-16(25)8-4-5-11-24-19(29)13-6-2-3-7-14(13)20(24)30/h2-3,6-7,12,15H,4-5,8-11H2,1H3,(H,22,25)(H,23,28)(H,26,27)(H,31,32)/t12-,15+/m0/s1. The van der Waals surface area contributed by atoms with Crippen LogP contribution < -0.4 is 10.6 Å². The molecular weight excluding hydrogens is 422 g/mol. The molecule has 0 radical (unpaired) electrons. The van der Waals surface area contributed by atoms with Crippen LogP contribution in [-0.2, 0) is 19.2 Å². The van der Waals surface area contributed by atoms with Gasteiger partial charge in [-0.2, -0.15) is 0 Å². The number of carbonyl (C=O) groups is 6. The number of carboxylic acid groups (broad SMARTS) is 2. The Labute approximate surface area is 183 Å². The number of hydrogen-bond donors (Lipinski definition) is 4. The lowest BCUT2D eigenvalue weighted by Gasteiger charge is -2.18. The fourth-order valence-electron chi connectivity index (χ4n) is 3.20. The molecule has 11 heteroatoms. The summed E-state index contributed by atoms with van der Waals surface area (Å²) in [5.74, 6) is -4.48. The van der Waals surface area contributed by atoms with Crippen LogP contribution in [0.2, 0.25) is 0 Å². The predicted octanol–water partition coefficient (Wildman–Crippen LogP) is 0.392. The van der Waals surface area contributed by atoms with E-state index in [1.807, 2.05) is 0 Å². The summed E-state index contributed by atoms with van der Waals surface area (Å²) in [6, 6.07) is 4.14. The third-order valence-electron chi connectivity index (χ3n) is 4.95. The van der Waals surface area contributed by atoms with E-state index in [0.717, 1.165) is 4.90 Å². The van der Waals surface area contributed by atoms with E-state index in [-0.39, 0.29) is 31.2 Å². The first-order chi connectivity index (χ1) is 15.1. The molecule has 0 unspecified atom stereocenters. The minimum atomic E-state index is -1.38. The molecular formula is C21H25N3O8. The van der Waals surface area contributed by atoms with Gasteiger partial charge in [0.15, 0.2) is 0 Å². The molecule has 4 amide bonds.